The third-order valence-electron chi connectivity index (χ3n) is 2.87. The van der Waals surface area contributed by atoms with Crippen molar-refractivity contribution in [2.24, 2.45) is 0 Å². The molecule has 0 spiro atoms. The minimum absolute atomic E-state index is 0.0397. The molecule has 0 heterocycles. The highest BCUT2D eigenvalue weighted by Crippen LogP contribution is 2.21. The van der Waals surface area contributed by atoms with Crippen molar-refractivity contribution in [2.75, 3.05) is 24.9 Å². The predicted octanol–water partition coefficient (Wildman–Crippen LogP) is 2.95. The summed E-state index contributed by atoms with van der Waals surface area (Å²) in [7, 11) is 3.46. The van der Waals surface area contributed by atoms with Gasteiger partial charge in [-0.15, -0.1) is 11.8 Å². The van der Waals surface area contributed by atoms with E-state index >= 15 is 0 Å². The average Bonchev–Trinajstić information content (AvgIpc) is 2.54. The molecule has 2 rings (SSSR count). The maximum absolute atomic E-state index is 11.9. The fraction of sp³-hybridized carbons (Fsp3) is 0.188. The molecule has 0 unspecified atom stereocenters. The van der Waals surface area contributed by atoms with Gasteiger partial charge in [0.2, 0.25) is 5.91 Å². The topological polar surface area (TPSA) is 41.6 Å². The molecule has 2 aromatic carbocycles. The number of hydrogen-bond acceptors (Lipinski definition) is 4. The van der Waals surface area contributed by atoms with Crippen LogP contribution in [0.2, 0.25) is 0 Å². The van der Waals surface area contributed by atoms with Crippen LogP contribution in [-0.2, 0) is 4.79 Å². The van der Waals surface area contributed by atoms with Gasteiger partial charge < -0.3 is 4.74 Å². The Bertz CT molecular complexity index is 573. The van der Waals surface area contributed by atoms with Crippen molar-refractivity contribution in [3.63, 3.8) is 0 Å². The van der Waals surface area contributed by atoms with E-state index in [1.807, 2.05) is 61.6 Å². The molecule has 0 radical (unpaired) electrons. The van der Waals surface area contributed by atoms with Gasteiger partial charge in [-0.3, -0.25) is 15.2 Å². The largest absolute Gasteiger partial charge is 0.497 e. The van der Waals surface area contributed by atoms with Gasteiger partial charge in [-0.1, -0.05) is 18.2 Å². The summed E-state index contributed by atoms with van der Waals surface area (Å²) in [4.78, 5) is 13.0. The Morgan fingerprint density at radius 3 is 2.43 bits per heavy atom. The van der Waals surface area contributed by atoms with E-state index in [2.05, 4.69) is 5.43 Å². The minimum atomic E-state index is -0.0397. The van der Waals surface area contributed by atoms with Crippen LogP contribution < -0.4 is 15.2 Å². The van der Waals surface area contributed by atoms with Crippen LogP contribution in [0.3, 0.4) is 0 Å². The molecule has 0 atom stereocenters. The number of rotatable bonds is 6. The first-order chi connectivity index (χ1) is 10.2. The summed E-state index contributed by atoms with van der Waals surface area (Å²) in [5.74, 6) is 1.14. The minimum Gasteiger partial charge on any atom is -0.497 e. The molecule has 0 aliphatic heterocycles. The molecule has 21 heavy (non-hydrogen) atoms. The average molecular weight is 302 g/mol. The number of anilines is 1. The van der Waals surface area contributed by atoms with Gasteiger partial charge in [0.15, 0.2) is 0 Å². The number of thioether (sulfide) groups is 1. The zero-order valence-corrected chi connectivity index (χ0v) is 12.9. The van der Waals surface area contributed by atoms with Crippen LogP contribution in [0.25, 0.3) is 0 Å². The van der Waals surface area contributed by atoms with E-state index in [9.17, 15) is 4.79 Å². The van der Waals surface area contributed by atoms with Gasteiger partial charge >= 0.3 is 0 Å². The Morgan fingerprint density at radius 2 is 1.81 bits per heavy atom. The van der Waals surface area contributed by atoms with Crippen LogP contribution in [0.5, 0.6) is 5.75 Å². The third kappa shape index (κ3) is 4.72. The van der Waals surface area contributed by atoms with Gasteiger partial charge in [0.25, 0.3) is 0 Å². The molecule has 2 aromatic rings. The van der Waals surface area contributed by atoms with Crippen molar-refractivity contribution < 1.29 is 9.53 Å². The fourth-order valence-electron chi connectivity index (χ4n) is 1.76. The Hall–Kier alpha value is -2.14. The van der Waals surface area contributed by atoms with Gasteiger partial charge in [0.1, 0.15) is 5.75 Å². The van der Waals surface area contributed by atoms with Crippen molar-refractivity contribution in [3.05, 3.63) is 54.6 Å². The van der Waals surface area contributed by atoms with E-state index in [1.54, 1.807) is 12.1 Å². The molecular formula is C16H18N2O2S. The summed E-state index contributed by atoms with van der Waals surface area (Å²) in [5.41, 5.74) is 3.78. The summed E-state index contributed by atoms with van der Waals surface area (Å²) in [5, 5.41) is 1.72. The second-order valence-electron chi connectivity index (χ2n) is 4.39. The Kier molecular flexibility index (Phi) is 5.51. The molecule has 0 aliphatic rings. The zero-order chi connectivity index (χ0) is 15.1. The monoisotopic (exact) mass is 302 g/mol. The van der Waals surface area contributed by atoms with Crippen LogP contribution in [0.1, 0.15) is 0 Å². The molecule has 0 bridgehead atoms. The number of amides is 1. The lowest BCUT2D eigenvalue weighted by atomic mass is 10.3. The first-order valence-corrected chi connectivity index (χ1v) is 7.52. The summed E-state index contributed by atoms with van der Waals surface area (Å²) < 4.78 is 5.10. The summed E-state index contributed by atoms with van der Waals surface area (Å²) >= 11 is 1.49. The van der Waals surface area contributed by atoms with Crippen LogP contribution in [0.4, 0.5) is 5.69 Å². The van der Waals surface area contributed by atoms with Crippen LogP contribution in [-0.4, -0.2) is 25.8 Å². The van der Waals surface area contributed by atoms with Gasteiger partial charge in [-0.2, -0.15) is 0 Å². The highest BCUT2D eigenvalue weighted by Gasteiger charge is 2.06. The maximum Gasteiger partial charge on any atom is 0.248 e. The molecule has 0 saturated carbocycles. The number of para-hydroxylation sites is 1. The first kappa shape index (κ1) is 15.3. The van der Waals surface area contributed by atoms with E-state index in [0.717, 1.165) is 16.3 Å². The molecule has 0 aliphatic carbocycles. The zero-order valence-electron chi connectivity index (χ0n) is 12.1. The normalized spacial score (nSPS) is 10.0. The number of carbonyl (C=O) groups excluding carboxylic acids is 1. The lowest BCUT2D eigenvalue weighted by molar-refractivity contribution is -0.118. The van der Waals surface area contributed by atoms with Gasteiger partial charge in [0.05, 0.1) is 18.6 Å². The standard InChI is InChI=1S/C16H18N2O2S/c1-18(13-6-4-3-5-7-13)17-16(19)12-21-15-10-8-14(20-2)9-11-15/h3-11H,12H2,1-2H3,(H,17,19). The number of hydrogen-bond donors (Lipinski definition) is 1. The number of hydrazine groups is 1. The maximum atomic E-state index is 11.9. The molecule has 0 aromatic heterocycles. The molecule has 4 nitrogen and oxygen atoms in total. The molecule has 5 heteroatoms. The van der Waals surface area contributed by atoms with E-state index in [4.69, 9.17) is 4.74 Å². The number of ether oxygens (including phenoxy) is 1. The van der Waals surface area contributed by atoms with Gasteiger partial charge in [-0.05, 0) is 36.4 Å². The van der Waals surface area contributed by atoms with Crippen molar-refractivity contribution in [1.29, 1.82) is 0 Å². The quantitative estimate of drug-likeness (QED) is 0.658. The molecule has 1 amide bonds. The molecule has 1 N–H and O–H groups in total. The Labute approximate surface area is 129 Å². The number of benzene rings is 2. The summed E-state index contributed by atoms with van der Waals surface area (Å²) in [6.45, 7) is 0. The van der Waals surface area contributed by atoms with Crippen molar-refractivity contribution in [2.45, 2.75) is 4.90 Å². The van der Waals surface area contributed by atoms with Crippen LogP contribution in [0.15, 0.2) is 59.5 Å². The number of nitrogens with zero attached hydrogens (tertiary/aromatic N) is 1. The highest BCUT2D eigenvalue weighted by atomic mass is 32.2. The first-order valence-electron chi connectivity index (χ1n) is 6.54. The van der Waals surface area contributed by atoms with E-state index in [-0.39, 0.29) is 5.91 Å². The third-order valence-corrected chi connectivity index (χ3v) is 3.88. The van der Waals surface area contributed by atoms with Crippen molar-refractivity contribution in [1.82, 2.24) is 5.43 Å². The second-order valence-corrected chi connectivity index (χ2v) is 5.44. The number of carbonyl (C=O) groups is 1. The smallest absolute Gasteiger partial charge is 0.248 e. The second kappa shape index (κ2) is 7.59. The van der Waals surface area contributed by atoms with E-state index in [1.165, 1.54) is 11.8 Å². The SMILES string of the molecule is COc1ccc(SCC(=O)NN(C)c2ccccc2)cc1. The number of methoxy groups -OCH3 is 1. The number of nitrogens with one attached hydrogen (secondary N) is 1. The van der Waals surface area contributed by atoms with Crippen molar-refractivity contribution >= 4 is 23.4 Å². The highest BCUT2D eigenvalue weighted by molar-refractivity contribution is 8.00. The van der Waals surface area contributed by atoms with Crippen molar-refractivity contribution in [3.8, 4) is 5.75 Å². The molecule has 110 valence electrons. The fourth-order valence-corrected chi connectivity index (χ4v) is 2.45. The lowest BCUT2D eigenvalue weighted by Crippen LogP contribution is -2.40. The van der Waals surface area contributed by atoms with Crippen LogP contribution >= 0.6 is 11.8 Å². The van der Waals surface area contributed by atoms with Gasteiger partial charge in [-0.25, -0.2) is 0 Å². The molecule has 0 fully saturated rings. The lowest BCUT2D eigenvalue weighted by Gasteiger charge is -2.20. The Balaban J connectivity index is 1.81. The van der Waals surface area contributed by atoms with Crippen LogP contribution in [0, 0.1) is 0 Å². The Morgan fingerprint density at radius 1 is 1.14 bits per heavy atom. The predicted molar refractivity (Wildman–Crippen MR) is 86.7 cm³/mol. The molecule has 0 saturated heterocycles. The molecular weight excluding hydrogens is 284 g/mol. The van der Waals surface area contributed by atoms with E-state index < -0.39 is 0 Å². The van der Waals surface area contributed by atoms with Gasteiger partial charge in [0, 0.05) is 11.9 Å². The van der Waals surface area contributed by atoms with E-state index in [0.29, 0.717) is 5.75 Å². The summed E-state index contributed by atoms with van der Waals surface area (Å²) in [6.07, 6.45) is 0. The summed E-state index contributed by atoms with van der Waals surface area (Å²) in [6, 6.07) is 17.3.